The van der Waals surface area contributed by atoms with Crippen LogP contribution >= 0.6 is 12.6 Å². The Kier molecular flexibility index (Phi) is 3.63. The van der Waals surface area contributed by atoms with E-state index in [1.54, 1.807) is 32.3 Å². The molecule has 0 saturated heterocycles. The summed E-state index contributed by atoms with van der Waals surface area (Å²) in [5.74, 6) is -0.179. The minimum atomic E-state index is -0.205. The first-order chi connectivity index (χ1) is 6.95. The predicted octanol–water partition coefficient (Wildman–Crippen LogP) is 2.08. The second-order valence-electron chi connectivity index (χ2n) is 3.62. The molecule has 1 N–H and O–H groups in total. The fourth-order valence-corrected chi connectivity index (χ4v) is 1.52. The maximum absolute atomic E-state index is 11.7. The average Bonchev–Trinajstić information content (AvgIpc) is 2.16. The summed E-state index contributed by atoms with van der Waals surface area (Å²) < 4.78 is 0. The number of nitrogens with zero attached hydrogens (tertiary/aromatic N) is 1. The van der Waals surface area contributed by atoms with Crippen molar-refractivity contribution >= 4 is 18.5 Å². The number of thiol groups is 1. The number of rotatable bonds is 2. The maximum Gasteiger partial charge on any atom is 0.257 e. The second-order valence-corrected chi connectivity index (χ2v) is 4.39. The van der Waals surface area contributed by atoms with Crippen molar-refractivity contribution in [3.05, 3.63) is 29.3 Å². The van der Waals surface area contributed by atoms with Gasteiger partial charge >= 0.3 is 0 Å². The molecule has 1 amide bonds. The molecule has 0 heterocycles. The monoisotopic (exact) mass is 225 g/mol. The predicted molar refractivity (Wildman–Crippen MR) is 63.5 cm³/mol. The molecule has 1 aromatic carbocycles. The van der Waals surface area contributed by atoms with Crippen LogP contribution in [0.1, 0.15) is 28.1 Å². The number of hydrogen-bond acceptors (Lipinski definition) is 3. The van der Waals surface area contributed by atoms with Crippen molar-refractivity contribution in [2.24, 2.45) is 0 Å². The van der Waals surface area contributed by atoms with Crippen LogP contribution in [0.15, 0.2) is 18.2 Å². The molecule has 4 heteroatoms. The zero-order valence-electron chi connectivity index (χ0n) is 9.06. The van der Waals surface area contributed by atoms with Crippen molar-refractivity contribution < 1.29 is 9.90 Å². The summed E-state index contributed by atoms with van der Waals surface area (Å²) >= 11 is 4.24. The van der Waals surface area contributed by atoms with E-state index in [-0.39, 0.29) is 16.9 Å². The SMILES string of the molecule is CC(S)c1cccc(C(=O)N(C)C)c1O. The molecule has 0 bridgehead atoms. The molecule has 1 aromatic rings. The highest BCUT2D eigenvalue weighted by atomic mass is 32.1. The molecule has 0 aliphatic rings. The minimum Gasteiger partial charge on any atom is -0.507 e. The quantitative estimate of drug-likeness (QED) is 0.757. The molecule has 0 fully saturated rings. The molecule has 1 rings (SSSR count). The van der Waals surface area contributed by atoms with E-state index in [9.17, 15) is 9.90 Å². The maximum atomic E-state index is 11.7. The number of hydrogen-bond donors (Lipinski definition) is 2. The highest BCUT2D eigenvalue weighted by molar-refractivity contribution is 7.80. The van der Waals surface area contributed by atoms with Gasteiger partial charge in [0.2, 0.25) is 0 Å². The lowest BCUT2D eigenvalue weighted by Crippen LogP contribution is -2.21. The van der Waals surface area contributed by atoms with Crippen LogP contribution in [-0.2, 0) is 0 Å². The normalized spacial score (nSPS) is 12.3. The van der Waals surface area contributed by atoms with E-state index in [1.165, 1.54) is 4.90 Å². The topological polar surface area (TPSA) is 40.5 Å². The van der Waals surface area contributed by atoms with Gasteiger partial charge in [-0.05, 0) is 13.0 Å². The number of amides is 1. The summed E-state index contributed by atoms with van der Waals surface area (Å²) in [5, 5.41) is 9.78. The van der Waals surface area contributed by atoms with Crippen LogP contribution in [-0.4, -0.2) is 30.0 Å². The molecule has 1 atom stereocenters. The molecule has 0 radical (unpaired) electrons. The Bertz CT molecular complexity index is 375. The number of benzene rings is 1. The summed E-state index contributed by atoms with van der Waals surface area (Å²) in [5.41, 5.74) is 0.990. The molecule has 0 aliphatic carbocycles. The smallest absolute Gasteiger partial charge is 0.257 e. The molecule has 82 valence electrons. The molecule has 0 spiro atoms. The number of carbonyl (C=O) groups excluding carboxylic acids is 1. The van der Waals surface area contributed by atoms with Gasteiger partial charge in [0.15, 0.2) is 0 Å². The number of phenols is 1. The second kappa shape index (κ2) is 4.57. The number of phenolic OH excluding ortho intramolecular Hbond substituents is 1. The van der Waals surface area contributed by atoms with E-state index in [1.807, 2.05) is 6.92 Å². The molecular formula is C11H15NO2S. The summed E-state index contributed by atoms with van der Waals surface area (Å²) in [7, 11) is 3.30. The van der Waals surface area contributed by atoms with Crippen LogP contribution < -0.4 is 0 Å². The Morgan fingerprint density at radius 2 is 2.07 bits per heavy atom. The van der Waals surface area contributed by atoms with Crippen LogP contribution in [0.25, 0.3) is 0 Å². The summed E-state index contributed by atoms with van der Waals surface area (Å²) in [4.78, 5) is 13.1. The van der Waals surface area contributed by atoms with Gasteiger partial charge in [-0.2, -0.15) is 12.6 Å². The van der Waals surface area contributed by atoms with Gasteiger partial charge in [-0.15, -0.1) is 0 Å². The standard InChI is InChI=1S/C11H15NO2S/c1-7(15)8-5-4-6-9(10(8)13)11(14)12(2)3/h4-7,13,15H,1-3H3. The highest BCUT2D eigenvalue weighted by Crippen LogP contribution is 2.31. The van der Waals surface area contributed by atoms with Gasteiger partial charge < -0.3 is 10.0 Å². The van der Waals surface area contributed by atoms with Crippen molar-refractivity contribution in [1.82, 2.24) is 4.90 Å². The third-order valence-electron chi connectivity index (χ3n) is 2.15. The van der Waals surface area contributed by atoms with Crippen molar-refractivity contribution in [3.63, 3.8) is 0 Å². The lowest BCUT2D eigenvalue weighted by molar-refractivity contribution is 0.0824. The van der Waals surface area contributed by atoms with Crippen LogP contribution in [0.5, 0.6) is 5.75 Å². The van der Waals surface area contributed by atoms with Gasteiger partial charge in [0.05, 0.1) is 5.56 Å². The lowest BCUT2D eigenvalue weighted by atomic mass is 10.1. The third kappa shape index (κ3) is 2.45. The number of aromatic hydroxyl groups is 1. The largest absolute Gasteiger partial charge is 0.507 e. The van der Waals surface area contributed by atoms with Crippen LogP contribution in [0, 0.1) is 0 Å². The molecule has 0 saturated carbocycles. The Balaban J connectivity index is 3.21. The molecule has 0 aliphatic heterocycles. The Morgan fingerprint density at radius 3 is 2.53 bits per heavy atom. The molecular weight excluding hydrogens is 210 g/mol. The molecule has 1 unspecified atom stereocenters. The first-order valence-electron chi connectivity index (χ1n) is 4.66. The lowest BCUT2D eigenvalue weighted by Gasteiger charge is -2.14. The summed E-state index contributed by atoms with van der Waals surface area (Å²) in [6, 6.07) is 5.12. The first-order valence-corrected chi connectivity index (χ1v) is 5.18. The van der Waals surface area contributed by atoms with Gasteiger partial charge in [0.1, 0.15) is 5.75 Å². The van der Waals surface area contributed by atoms with Crippen molar-refractivity contribution in [3.8, 4) is 5.75 Å². The summed E-state index contributed by atoms with van der Waals surface area (Å²) in [6.07, 6.45) is 0. The van der Waals surface area contributed by atoms with E-state index >= 15 is 0 Å². The van der Waals surface area contributed by atoms with Gasteiger partial charge in [-0.3, -0.25) is 4.79 Å². The Labute approximate surface area is 95.1 Å². The number of carbonyl (C=O) groups is 1. The average molecular weight is 225 g/mol. The van der Waals surface area contributed by atoms with Gasteiger partial charge in [0.25, 0.3) is 5.91 Å². The molecule has 0 aromatic heterocycles. The van der Waals surface area contributed by atoms with Crippen molar-refractivity contribution in [2.75, 3.05) is 14.1 Å². The Morgan fingerprint density at radius 1 is 1.47 bits per heavy atom. The van der Waals surface area contributed by atoms with Crippen LogP contribution in [0.3, 0.4) is 0 Å². The van der Waals surface area contributed by atoms with E-state index in [0.29, 0.717) is 11.1 Å². The highest BCUT2D eigenvalue weighted by Gasteiger charge is 2.16. The number of para-hydroxylation sites is 1. The summed E-state index contributed by atoms with van der Waals surface area (Å²) in [6.45, 7) is 1.85. The fourth-order valence-electron chi connectivity index (χ4n) is 1.31. The fraction of sp³-hybridized carbons (Fsp3) is 0.364. The first kappa shape index (κ1) is 11.9. The van der Waals surface area contributed by atoms with Gasteiger partial charge in [-0.1, -0.05) is 12.1 Å². The van der Waals surface area contributed by atoms with Crippen molar-refractivity contribution in [2.45, 2.75) is 12.2 Å². The molecule has 3 nitrogen and oxygen atoms in total. The third-order valence-corrected chi connectivity index (χ3v) is 2.43. The van der Waals surface area contributed by atoms with Crippen molar-refractivity contribution in [1.29, 1.82) is 0 Å². The van der Waals surface area contributed by atoms with E-state index in [4.69, 9.17) is 0 Å². The Hall–Kier alpha value is -1.16. The van der Waals surface area contributed by atoms with Crippen LogP contribution in [0.2, 0.25) is 0 Å². The zero-order valence-corrected chi connectivity index (χ0v) is 9.95. The molecule has 15 heavy (non-hydrogen) atoms. The van der Waals surface area contributed by atoms with Gasteiger partial charge in [0, 0.05) is 24.9 Å². The van der Waals surface area contributed by atoms with E-state index in [2.05, 4.69) is 12.6 Å². The van der Waals surface area contributed by atoms with Gasteiger partial charge in [-0.25, -0.2) is 0 Å². The zero-order chi connectivity index (χ0) is 11.6. The van der Waals surface area contributed by atoms with E-state index < -0.39 is 0 Å². The van der Waals surface area contributed by atoms with E-state index in [0.717, 1.165) is 0 Å². The minimum absolute atomic E-state index is 0.0266. The van der Waals surface area contributed by atoms with Crippen LogP contribution in [0.4, 0.5) is 0 Å².